The van der Waals surface area contributed by atoms with Crippen LogP contribution in [0.4, 0.5) is 4.79 Å². The number of carbonyl (C=O) groups excluding carboxylic acids is 2. The summed E-state index contributed by atoms with van der Waals surface area (Å²) in [6, 6.07) is 18.8. The Balaban J connectivity index is 1.47. The summed E-state index contributed by atoms with van der Waals surface area (Å²) >= 11 is 0. The number of rotatable bonds is 4. The van der Waals surface area contributed by atoms with Crippen molar-refractivity contribution in [3.05, 3.63) is 71.8 Å². The van der Waals surface area contributed by atoms with Gasteiger partial charge >= 0.3 is 6.09 Å². The average Bonchev–Trinajstić information content (AvgIpc) is 3.41. The highest BCUT2D eigenvalue weighted by Gasteiger charge is 2.63. The van der Waals surface area contributed by atoms with E-state index in [0.29, 0.717) is 0 Å². The van der Waals surface area contributed by atoms with Crippen LogP contribution in [0, 0.1) is 5.41 Å². The fourth-order valence-electron chi connectivity index (χ4n) is 3.55. The van der Waals surface area contributed by atoms with Gasteiger partial charge in [0.25, 0.3) is 0 Å². The summed E-state index contributed by atoms with van der Waals surface area (Å²) in [5, 5.41) is 5.98. The van der Waals surface area contributed by atoms with Crippen LogP contribution in [-0.4, -0.2) is 18.0 Å². The van der Waals surface area contributed by atoms with Gasteiger partial charge in [0.1, 0.15) is 6.61 Å². The molecule has 1 spiro atoms. The van der Waals surface area contributed by atoms with Crippen molar-refractivity contribution in [3.63, 3.8) is 0 Å². The van der Waals surface area contributed by atoms with Crippen LogP contribution in [0.1, 0.15) is 30.0 Å². The van der Waals surface area contributed by atoms with Crippen LogP contribution in [0.15, 0.2) is 60.7 Å². The van der Waals surface area contributed by atoms with Gasteiger partial charge in [-0.15, -0.1) is 0 Å². The Labute approximate surface area is 146 Å². The fourth-order valence-corrected chi connectivity index (χ4v) is 3.55. The molecule has 2 aliphatic rings. The third kappa shape index (κ3) is 2.97. The van der Waals surface area contributed by atoms with Crippen molar-refractivity contribution in [1.82, 2.24) is 10.6 Å². The van der Waals surface area contributed by atoms with Gasteiger partial charge in [-0.05, 0) is 24.0 Å². The molecule has 5 nitrogen and oxygen atoms in total. The molecule has 2 aromatic carbocycles. The van der Waals surface area contributed by atoms with E-state index in [4.69, 9.17) is 4.74 Å². The van der Waals surface area contributed by atoms with E-state index in [1.165, 1.54) is 0 Å². The number of nitrogens with one attached hydrogen (secondary N) is 2. The molecule has 0 radical (unpaired) electrons. The molecule has 2 unspecified atom stereocenters. The Kier molecular flexibility index (Phi) is 3.92. The van der Waals surface area contributed by atoms with Gasteiger partial charge in [-0.1, -0.05) is 60.7 Å². The lowest BCUT2D eigenvalue weighted by Crippen LogP contribution is -2.43. The first-order chi connectivity index (χ1) is 12.2. The Morgan fingerprint density at radius 1 is 1.08 bits per heavy atom. The van der Waals surface area contributed by atoms with Gasteiger partial charge in [0.15, 0.2) is 0 Å². The summed E-state index contributed by atoms with van der Waals surface area (Å²) in [6.45, 7) is 0.212. The highest BCUT2D eigenvalue weighted by Crippen LogP contribution is 2.55. The van der Waals surface area contributed by atoms with Gasteiger partial charge in [-0.25, -0.2) is 4.79 Å². The Hall–Kier alpha value is -2.82. The SMILES string of the molecule is O=C(NC1C(c2ccccc2)NC(=O)C12CC2)OCc1ccccc1. The number of hydrogen-bond acceptors (Lipinski definition) is 3. The maximum atomic E-state index is 12.4. The molecule has 1 heterocycles. The number of alkyl carbamates (subject to hydrolysis) is 1. The van der Waals surface area contributed by atoms with Crippen LogP contribution >= 0.6 is 0 Å². The Morgan fingerprint density at radius 3 is 2.36 bits per heavy atom. The van der Waals surface area contributed by atoms with Gasteiger partial charge in [-0.3, -0.25) is 4.79 Å². The van der Waals surface area contributed by atoms with Gasteiger partial charge in [0.2, 0.25) is 5.91 Å². The molecule has 1 saturated heterocycles. The lowest BCUT2D eigenvalue weighted by molar-refractivity contribution is -0.123. The predicted octanol–water partition coefficient (Wildman–Crippen LogP) is 2.93. The largest absolute Gasteiger partial charge is 0.445 e. The minimum Gasteiger partial charge on any atom is -0.445 e. The van der Waals surface area contributed by atoms with E-state index < -0.39 is 11.5 Å². The fraction of sp³-hybridized carbons (Fsp3) is 0.300. The number of carbonyl (C=O) groups is 2. The van der Waals surface area contributed by atoms with Crippen molar-refractivity contribution in [2.45, 2.75) is 31.5 Å². The van der Waals surface area contributed by atoms with E-state index >= 15 is 0 Å². The van der Waals surface area contributed by atoms with Crippen molar-refractivity contribution in [2.24, 2.45) is 5.41 Å². The second-order valence-corrected chi connectivity index (χ2v) is 6.70. The first-order valence-corrected chi connectivity index (χ1v) is 8.52. The zero-order chi connectivity index (χ0) is 17.3. The maximum Gasteiger partial charge on any atom is 0.407 e. The zero-order valence-corrected chi connectivity index (χ0v) is 13.8. The van der Waals surface area contributed by atoms with Gasteiger partial charge < -0.3 is 15.4 Å². The van der Waals surface area contributed by atoms with Gasteiger partial charge in [-0.2, -0.15) is 0 Å². The molecule has 128 valence electrons. The van der Waals surface area contributed by atoms with Crippen molar-refractivity contribution in [1.29, 1.82) is 0 Å². The third-order valence-corrected chi connectivity index (χ3v) is 5.10. The first kappa shape index (κ1) is 15.7. The molecule has 4 rings (SSSR count). The zero-order valence-electron chi connectivity index (χ0n) is 13.8. The molecule has 5 heteroatoms. The molecule has 1 aliphatic carbocycles. The quantitative estimate of drug-likeness (QED) is 0.902. The number of hydrogen-bond donors (Lipinski definition) is 2. The number of amides is 2. The van der Waals surface area contributed by atoms with Crippen LogP contribution in [-0.2, 0) is 16.1 Å². The molecule has 0 bridgehead atoms. The van der Waals surface area contributed by atoms with Crippen molar-refractivity contribution in [3.8, 4) is 0 Å². The minimum absolute atomic E-state index is 0.0229. The second kappa shape index (κ2) is 6.24. The topological polar surface area (TPSA) is 67.4 Å². The molecule has 0 aromatic heterocycles. The molecule has 1 saturated carbocycles. The smallest absolute Gasteiger partial charge is 0.407 e. The molecule has 1 aliphatic heterocycles. The first-order valence-electron chi connectivity index (χ1n) is 8.52. The monoisotopic (exact) mass is 336 g/mol. The standard InChI is InChI=1S/C20H20N2O3/c23-18-20(11-12-20)17(16(21-18)15-9-5-2-6-10-15)22-19(24)25-13-14-7-3-1-4-8-14/h1-10,16-17H,11-13H2,(H,21,23)(H,22,24). The molecule has 2 fully saturated rings. The van der Waals surface area contributed by atoms with E-state index in [-0.39, 0.29) is 24.6 Å². The van der Waals surface area contributed by atoms with Gasteiger partial charge in [0.05, 0.1) is 17.5 Å². The molecule has 2 atom stereocenters. The summed E-state index contributed by atoms with van der Waals surface area (Å²) in [5.74, 6) is 0.0229. The van der Waals surface area contributed by atoms with Crippen molar-refractivity contribution >= 4 is 12.0 Å². The van der Waals surface area contributed by atoms with E-state index in [0.717, 1.165) is 24.0 Å². The van der Waals surface area contributed by atoms with E-state index in [2.05, 4.69) is 10.6 Å². The minimum atomic E-state index is -0.488. The van der Waals surface area contributed by atoms with Crippen LogP contribution < -0.4 is 10.6 Å². The summed E-state index contributed by atoms with van der Waals surface area (Å²) in [6.07, 6.45) is 1.11. The van der Waals surface area contributed by atoms with Crippen LogP contribution in [0.25, 0.3) is 0 Å². The second-order valence-electron chi connectivity index (χ2n) is 6.70. The molecule has 25 heavy (non-hydrogen) atoms. The summed E-state index contributed by atoms with van der Waals surface area (Å²) in [4.78, 5) is 24.7. The average molecular weight is 336 g/mol. The van der Waals surface area contributed by atoms with Gasteiger partial charge in [0, 0.05) is 0 Å². The molecular formula is C20H20N2O3. The van der Waals surface area contributed by atoms with Crippen molar-refractivity contribution < 1.29 is 14.3 Å². The molecule has 2 amide bonds. The third-order valence-electron chi connectivity index (χ3n) is 5.10. The predicted molar refractivity (Wildman–Crippen MR) is 92.5 cm³/mol. The van der Waals surface area contributed by atoms with E-state index in [1.807, 2.05) is 60.7 Å². The number of benzene rings is 2. The van der Waals surface area contributed by atoms with E-state index in [1.54, 1.807) is 0 Å². The molecule has 2 N–H and O–H groups in total. The maximum absolute atomic E-state index is 12.4. The van der Waals surface area contributed by atoms with Crippen LogP contribution in [0.2, 0.25) is 0 Å². The lowest BCUT2D eigenvalue weighted by atomic mass is 9.91. The molecular weight excluding hydrogens is 316 g/mol. The van der Waals surface area contributed by atoms with Crippen LogP contribution in [0.5, 0.6) is 0 Å². The normalized spacial score (nSPS) is 23.1. The van der Waals surface area contributed by atoms with E-state index in [9.17, 15) is 9.59 Å². The summed E-state index contributed by atoms with van der Waals surface area (Å²) in [7, 11) is 0. The van der Waals surface area contributed by atoms with Crippen LogP contribution in [0.3, 0.4) is 0 Å². The highest BCUT2D eigenvalue weighted by atomic mass is 16.5. The highest BCUT2D eigenvalue weighted by molar-refractivity contribution is 5.90. The van der Waals surface area contributed by atoms with Crippen molar-refractivity contribution in [2.75, 3.05) is 0 Å². The summed E-state index contributed by atoms with van der Waals surface area (Å²) in [5.41, 5.74) is 1.44. The Morgan fingerprint density at radius 2 is 1.72 bits per heavy atom. The summed E-state index contributed by atoms with van der Waals surface area (Å²) < 4.78 is 5.34. The Bertz CT molecular complexity index is 772. The molecule has 2 aromatic rings. The number of ether oxygens (including phenoxy) is 1. The lowest BCUT2D eigenvalue weighted by Gasteiger charge is -2.23.